The zero-order valence-electron chi connectivity index (χ0n) is 76.8. The van der Waals surface area contributed by atoms with Crippen LogP contribution in [0.15, 0.2) is 232 Å². The first-order valence-electron chi connectivity index (χ1n) is 44.2. The number of nitrogens with two attached hydrogens (primary N) is 4. The number of nitrogens with one attached hydrogen (secondary N) is 3. The fraction of sp³-hybridized carbons (Fsp3) is 0.141. The molecule has 0 radical (unpaired) electrons. The fourth-order valence-corrected chi connectivity index (χ4v) is 19.0. The molecule has 8 aromatic carbocycles. The van der Waals surface area contributed by atoms with Gasteiger partial charge in [-0.1, -0.05) is 168 Å². The quantitative estimate of drug-likeness (QED) is 0.0370. The lowest BCUT2D eigenvalue weighted by Crippen LogP contribution is -2.41. The van der Waals surface area contributed by atoms with Crippen molar-refractivity contribution in [3.05, 3.63) is 305 Å². The molecule has 1 aliphatic heterocycles. The van der Waals surface area contributed by atoms with Gasteiger partial charge >= 0.3 is 7.12 Å². The summed E-state index contributed by atoms with van der Waals surface area (Å²) in [6.45, 7) is 17.6. The highest BCUT2D eigenvalue weighted by molar-refractivity contribution is 14.1. The van der Waals surface area contributed by atoms with Crippen molar-refractivity contribution in [3.63, 3.8) is 0 Å². The number of hydrogen-bond donors (Lipinski definition) is 7. The molecular weight excluding hydrogens is 2100 g/mol. The summed E-state index contributed by atoms with van der Waals surface area (Å²) >= 11 is 30.4. The molecule has 0 atom stereocenters. The van der Waals surface area contributed by atoms with E-state index in [1.807, 2.05) is 225 Å². The van der Waals surface area contributed by atoms with E-state index in [2.05, 4.69) is 126 Å². The maximum atomic E-state index is 6.57. The van der Waals surface area contributed by atoms with Crippen LogP contribution < -0.4 is 28.4 Å². The lowest BCUT2D eigenvalue weighted by atomic mass is 9.82. The van der Waals surface area contributed by atoms with E-state index < -0.39 is 0 Å². The Hall–Kier alpha value is -15.2. The molecule has 0 amide bonds. The summed E-state index contributed by atoms with van der Waals surface area (Å²) in [5.74, 6) is 1.50. The standard InChI is InChI=1S/2C24H18ClN9.2C21H15ClIN7.C9H15BN2O2/c1-13-5-4-8-17-20(13)32-18(22(31-17)15-6-2-3-7-16(15)25)11-34-24-19(23(26)27-12-28-24)21(33-34)14-9-29-30-10-14;1-13-5-4-8-17-20(13)32-22(15-6-2-3-7-16(15)25)18(31-17)11-34-24-19(23(26)27-12-28-24)21(33-34)14-9-29-30-10-14;1-11-5-4-8-14-17(11)28-15(18(27-14)12-6-2-3-7-13(12)22)9-30-21-16(19(23)29-30)20(24)25-10-26-21;1-11-5-4-8-14-17(11)28-18(12-6-2-3-7-13(12)22)15(27-14)9-30-21-16(19(23)29-30)20(24)25-10-26-21;1-8(2)9(3,4)14-10(13-8)7-5-11-12-6-7/h2*2-10,12H,11H2,1H3,(H,29,30)(H2,26,27,28);2*2-8,10H,9H2,1H3,(H2,24,25,26);5-6H,1-4H3,(H,11,12). The second-order valence-corrected chi connectivity index (χ2v) is 37.8. The smallest absolute Gasteiger partial charge is 0.399 e. The Bertz CT molecular complexity index is 8750. The first-order chi connectivity index (χ1) is 68.7. The molecule has 11 N–H and O–H groups in total. The zero-order chi connectivity index (χ0) is 98.5. The van der Waals surface area contributed by atoms with Gasteiger partial charge in [0.15, 0.2) is 22.6 Å². The van der Waals surface area contributed by atoms with Crippen molar-refractivity contribution in [3.8, 4) is 67.5 Å². The first-order valence-corrected chi connectivity index (χ1v) is 47.9. The minimum absolute atomic E-state index is 0.283. The second kappa shape index (κ2) is 39.4. The van der Waals surface area contributed by atoms with Crippen molar-refractivity contribution >= 4 is 216 Å². The van der Waals surface area contributed by atoms with Gasteiger partial charge < -0.3 is 32.2 Å². The van der Waals surface area contributed by atoms with E-state index in [4.69, 9.17) is 129 Å². The van der Waals surface area contributed by atoms with Crippen molar-refractivity contribution in [1.82, 2.24) is 149 Å². The number of anilines is 4. The highest BCUT2D eigenvalue weighted by atomic mass is 127. The highest BCUT2D eigenvalue weighted by Crippen LogP contribution is 2.42. The molecule has 1 saturated heterocycles. The Morgan fingerprint density at radius 3 is 0.937 bits per heavy atom. The van der Waals surface area contributed by atoms with Gasteiger partial charge in [-0.3, -0.25) is 15.3 Å². The average molecular weight is 2190 g/mol. The van der Waals surface area contributed by atoms with Crippen LogP contribution in [0.5, 0.6) is 0 Å². The molecule has 16 heterocycles. The largest absolute Gasteiger partial charge is 0.498 e. The van der Waals surface area contributed by atoms with Crippen molar-refractivity contribution in [1.29, 1.82) is 0 Å². The van der Waals surface area contributed by atoms with Crippen LogP contribution in [-0.2, 0) is 35.5 Å². The van der Waals surface area contributed by atoms with Crippen molar-refractivity contribution < 1.29 is 9.31 Å². The Kier molecular flexibility index (Phi) is 26.2. The molecule has 15 aromatic heterocycles. The Balaban J connectivity index is 0.000000111. The molecule has 142 heavy (non-hydrogen) atoms. The number of halogens is 6. The number of nitrogens with zero attached hydrogens (tertiary/aromatic N) is 27. The van der Waals surface area contributed by atoms with Crippen molar-refractivity contribution in [2.45, 2.75) is 92.8 Å². The number of benzene rings is 8. The van der Waals surface area contributed by atoms with Gasteiger partial charge in [0.05, 0.1) is 181 Å². The van der Waals surface area contributed by atoms with Gasteiger partial charge in [-0.05, 0) is 171 Å². The molecule has 0 aliphatic carbocycles. The second-order valence-electron chi connectivity index (χ2n) is 34.1. The van der Waals surface area contributed by atoms with Crippen LogP contribution in [0, 0.1) is 35.1 Å². The van der Waals surface area contributed by atoms with Crippen LogP contribution in [0.4, 0.5) is 23.3 Å². The number of fused-ring (bicyclic) bond motifs is 8. The molecule has 1 fully saturated rings. The monoisotopic (exact) mass is 2180 g/mol. The average Bonchev–Trinajstić information content (AvgIpc) is 1.53. The maximum Gasteiger partial charge on any atom is 0.498 e. The number of hydrogen-bond acceptors (Lipinski definition) is 29. The molecule has 0 unspecified atom stereocenters. The minimum Gasteiger partial charge on any atom is -0.399 e. The summed E-state index contributed by atoms with van der Waals surface area (Å²) in [5.41, 5.74) is 50.1. The summed E-state index contributed by atoms with van der Waals surface area (Å²) < 4.78 is 20.2. The summed E-state index contributed by atoms with van der Waals surface area (Å²) in [7, 11) is -0.307. The number of para-hydroxylation sites is 4. The van der Waals surface area contributed by atoms with Crippen LogP contribution in [0.1, 0.15) is 72.7 Å². The molecule has 36 nitrogen and oxygen atoms in total. The lowest BCUT2D eigenvalue weighted by Gasteiger charge is -2.32. The highest BCUT2D eigenvalue weighted by Gasteiger charge is 2.52. The molecule has 24 rings (SSSR count). The molecule has 0 saturated carbocycles. The van der Waals surface area contributed by atoms with Crippen LogP contribution in [0.2, 0.25) is 20.1 Å². The van der Waals surface area contributed by atoms with E-state index in [1.165, 1.54) is 25.3 Å². The maximum absolute atomic E-state index is 6.57. The predicted molar refractivity (Wildman–Crippen MR) is 569 cm³/mol. The Labute approximate surface area is 855 Å². The van der Waals surface area contributed by atoms with E-state index in [0.717, 1.165) is 152 Å². The van der Waals surface area contributed by atoms with Gasteiger partial charge in [0.1, 0.15) is 67.4 Å². The van der Waals surface area contributed by atoms with E-state index >= 15 is 0 Å². The summed E-state index contributed by atoms with van der Waals surface area (Å²) in [4.78, 5) is 73.9. The van der Waals surface area contributed by atoms with E-state index in [-0.39, 0.29) is 18.3 Å². The number of H-pyrrole nitrogens is 3. The molecule has 0 bridgehead atoms. The lowest BCUT2D eigenvalue weighted by molar-refractivity contribution is 0.00578. The molecule has 23 aromatic rings. The van der Waals surface area contributed by atoms with Gasteiger partial charge in [0, 0.05) is 63.6 Å². The summed E-state index contributed by atoms with van der Waals surface area (Å²) in [6, 6.07) is 54.3. The van der Waals surface area contributed by atoms with Crippen molar-refractivity contribution in [2.24, 2.45) is 0 Å². The summed E-state index contributed by atoms with van der Waals surface area (Å²) in [5, 5.41) is 44.5. The van der Waals surface area contributed by atoms with Gasteiger partial charge in [0.25, 0.3) is 0 Å². The topological polar surface area (TPSA) is 486 Å². The third-order valence-corrected chi connectivity index (χ3v) is 27.2. The molecule has 704 valence electrons. The third kappa shape index (κ3) is 18.6. The number of aryl methyl sites for hydroxylation is 4. The Morgan fingerprint density at radius 1 is 0.324 bits per heavy atom. The molecule has 1 aliphatic rings. The summed E-state index contributed by atoms with van der Waals surface area (Å²) in [6.07, 6.45) is 16.1. The van der Waals surface area contributed by atoms with Crippen LogP contribution >= 0.6 is 91.6 Å². The Morgan fingerprint density at radius 2 is 0.613 bits per heavy atom. The van der Waals surface area contributed by atoms with Crippen LogP contribution in [-0.4, -0.2) is 168 Å². The van der Waals surface area contributed by atoms with E-state index in [9.17, 15) is 0 Å². The number of nitrogen functional groups attached to an aromatic ring is 4. The van der Waals surface area contributed by atoms with Gasteiger partial charge in [-0.25, -0.2) is 98.5 Å². The molecule has 0 spiro atoms. The van der Waals surface area contributed by atoms with Crippen LogP contribution in [0.25, 0.3) is 156 Å². The number of aromatic amines is 3. The first kappa shape index (κ1) is 94.4. The van der Waals surface area contributed by atoms with E-state index in [0.29, 0.717) is 131 Å². The van der Waals surface area contributed by atoms with Crippen LogP contribution in [0.3, 0.4) is 0 Å². The third-order valence-electron chi connectivity index (χ3n) is 24.3. The number of rotatable bonds is 15. The number of aromatic nitrogens is 30. The SMILES string of the molecule is CC1(C)OB(c2cn[nH]c2)OC1(C)C.Cc1cccc2nc(-c3ccccc3Cl)c(Cn3nc(-c4cn[nH]c4)c4c(N)ncnc43)nc12.Cc1cccc2nc(-c3ccccc3Cl)c(Cn3nc(I)c4c(N)ncnc43)nc12.Cc1cccc2nc(Cn3nc(-c4cn[nH]c4)c4c(N)ncnc43)c(-c3ccccc3Cl)nc12.Cc1cccc2nc(Cn3nc(I)c4c(N)ncnc43)c(-c3ccccc3Cl)nc12. The fourth-order valence-electron chi connectivity index (χ4n) is 16.5. The van der Waals surface area contributed by atoms with Gasteiger partial charge in [0.2, 0.25) is 0 Å². The normalized spacial score (nSPS) is 12.7. The minimum atomic E-state index is -0.307. The van der Waals surface area contributed by atoms with Gasteiger partial charge in [-0.2, -0.15) is 35.7 Å². The molecular formula is C99H81BCl4I2N34O2. The van der Waals surface area contributed by atoms with Gasteiger partial charge in [-0.15, -0.1) is 0 Å². The molecule has 43 heteroatoms. The van der Waals surface area contributed by atoms with Crippen molar-refractivity contribution in [2.75, 3.05) is 22.9 Å². The predicted octanol–water partition coefficient (Wildman–Crippen LogP) is 18.8. The zero-order valence-corrected chi connectivity index (χ0v) is 84.2. The van der Waals surface area contributed by atoms with E-state index in [1.54, 1.807) is 55.9 Å².